The Hall–Kier alpha value is -2.05. The van der Waals surface area contributed by atoms with Gasteiger partial charge in [-0.2, -0.15) is 0 Å². The van der Waals surface area contributed by atoms with Crippen LogP contribution in [0, 0.1) is 0 Å². The van der Waals surface area contributed by atoms with Crippen molar-refractivity contribution >= 4 is 39.3 Å². The highest BCUT2D eigenvalue weighted by atomic mass is 79.9. The van der Waals surface area contributed by atoms with Gasteiger partial charge in [-0.15, -0.1) is 0 Å². The van der Waals surface area contributed by atoms with Crippen LogP contribution in [0.5, 0.6) is 5.75 Å². The van der Waals surface area contributed by atoms with E-state index in [1.54, 1.807) is 23.1 Å². The van der Waals surface area contributed by atoms with Crippen LogP contribution in [0.3, 0.4) is 0 Å². The molecule has 0 aliphatic carbocycles. The van der Waals surface area contributed by atoms with Crippen molar-refractivity contribution < 1.29 is 14.3 Å². The van der Waals surface area contributed by atoms with Crippen LogP contribution in [0.25, 0.3) is 0 Å². The van der Waals surface area contributed by atoms with Gasteiger partial charge in [0.2, 0.25) is 5.91 Å². The first-order valence-electron chi connectivity index (χ1n) is 10.6. The van der Waals surface area contributed by atoms with Gasteiger partial charge in [0, 0.05) is 17.1 Å². The lowest BCUT2D eigenvalue weighted by Gasteiger charge is -2.31. The molecule has 0 aromatic heterocycles. The summed E-state index contributed by atoms with van der Waals surface area (Å²) >= 11 is 9.56. The molecule has 0 fully saturated rings. The maximum atomic E-state index is 13.1. The van der Waals surface area contributed by atoms with Crippen molar-refractivity contribution in [2.24, 2.45) is 0 Å². The van der Waals surface area contributed by atoms with Crippen molar-refractivity contribution in [1.29, 1.82) is 0 Å². The maximum absolute atomic E-state index is 13.1. The zero-order valence-corrected chi connectivity index (χ0v) is 20.6. The predicted octanol–water partition coefficient (Wildman–Crippen LogP) is 5.25. The summed E-state index contributed by atoms with van der Waals surface area (Å²) in [4.78, 5) is 27.7. The highest BCUT2D eigenvalue weighted by Crippen LogP contribution is 2.27. The van der Waals surface area contributed by atoms with E-state index < -0.39 is 6.04 Å². The molecule has 2 unspecified atom stereocenters. The number of ether oxygens (including phenoxy) is 1. The predicted molar refractivity (Wildman–Crippen MR) is 128 cm³/mol. The third kappa shape index (κ3) is 7.86. The Kier molecular flexibility index (Phi) is 10.3. The molecule has 2 aromatic carbocycles. The first-order chi connectivity index (χ1) is 14.8. The molecule has 2 amide bonds. The Morgan fingerprint density at radius 3 is 2.45 bits per heavy atom. The van der Waals surface area contributed by atoms with Crippen LogP contribution in [0.4, 0.5) is 0 Å². The molecule has 0 aliphatic heterocycles. The molecule has 5 nitrogen and oxygen atoms in total. The van der Waals surface area contributed by atoms with Gasteiger partial charge in [-0.3, -0.25) is 9.59 Å². The van der Waals surface area contributed by atoms with E-state index in [1.165, 1.54) is 0 Å². The number of benzene rings is 2. The number of carbonyl (C=O) groups excluding carboxylic acids is 2. The zero-order valence-electron chi connectivity index (χ0n) is 18.2. The number of hydrogen-bond acceptors (Lipinski definition) is 3. The van der Waals surface area contributed by atoms with Crippen molar-refractivity contribution in [3.05, 3.63) is 63.6 Å². The lowest BCUT2D eigenvalue weighted by Crippen LogP contribution is -2.52. The number of nitrogens with zero attached hydrogens (tertiary/aromatic N) is 1. The Morgan fingerprint density at radius 2 is 1.84 bits per heavy atom. The molecule has 0 radical (unpaired) electrons. The van der Waals surface area contributed by atoms with E-state index in [4.69, 9.17) is 16.3 Å². The van der Waals surface area contributed by atoms with Gasteiger partial charge in [-0.25, -0.2) is 0 Å². The van der Waals surface area contributed by atoms with Crippen LogP contribution in [0.1, 0.15) is 39.2 Å². The topological polar surface area (TPSA) is 58.6 Å². The summed E-state index contributed by atoms with van der Waals surface area (Å²) in [5.74, 6) is 0.0411. The molecule has 7 heteroatoms. The van der Waals surface area contributed by atoms with E-state index in [-0.39, 0.29) is 24.5 Å². The fourth-order valence-electron chi connectivity index (χ4n) is 3.15. The second-order valence-corrected chi connectivity index (χ2v) is 8.75. The largest absolute Gasteiger partial charge is 0.482 e. The van der Waals surface area contributed by atoms with E-state index >= 15 is 0 Å². The fourth-order valence-corrected chi connectivity index (χ4v) is 3.88. The van der Waals surface area contributed by atoms with Gasteiger partial charge in [-0.1, -0.05) is 71.7 Å². The van der Waals surface area contributed by atoms with E-state index in [2.05, 4.69) is 21.2 Å². The number of nitrogens with one attached hydrogen (secondary N) is 1. The average molecular weight is 510 g/mol. The fraction of sp³-hybridized carbons (Fsp3) is 0.417. The molecule has 0 saturated carbocycles. The van der Waals surface area contributed by atoms with E-state index in [1.807, 2.05) is 51.1 Å². The first kappa shape index (κ1) is 25.2. The van der Waals surface area contributed by atoms with Crippen LogP contribution in [-0.2, 0) is 16.0 Å². The molecular formula is C24H30BrClN2O3. The summed E-state index contributed by atoms with van der Waals surface area (Å²) in [7, 11) is 0. The normalized spacial score (nSPS) is 12.7. The van der Waals surface area contributed by atoms with Gasteiger partial charge >= 0.3 is 0 Å². The first-order valence-corrected chi connectivity index (χ1v) is 11.7. The number of amides is 2. The highest BCUT2D eigenvalue weighted by molar-refractivity contribution is 9.10. The maximum Gasteiger partial charge on any atom is 0.261 e. The van der Waals surface area contributed by atoms with Gasteiger partial charge in [0.15, 0.2) is 6.61 Å². The van der Waals surface area contributed by atoms with Gasteiger partial charge in [0.25, 0.3) is 5.91 Å². The number of hydrogen-bond donors (Lipinski definition) is 1. The molecule has 168 valence electrons. The summed E-state index contributed by atoms with van der Waals surface area (Å²) in [6, 6.07) is 14.6. The van der Waals surface area contributed by atoms with Gasteiger partial charge in [-0.05, 0) is 49.9 Å². The van der Waals surface area contributed by atoms with Gasteiger partial charge in [0.05, 0.1) is 5.02 Å². The number of halogens is 2. The molecule has 0 heterocycles. The summed E-state index contributed by atoms with van der Waals surface area (Å²) in [5, 5.41) is 3.42. The third-order valence-electron chi connectivity index (χ3n) is 5.12. The zero-order chi connectivity index (χ0) is 22.8. The summed E-state index contributed by atoms with van der Waals surface area (Å²) < 4.78 is 6.51. The van der Waals surface area contributed by atoms with Crippen LogP contribution < -0.4 is 10.1 Å². The Balaban J connectivity index is 2.15. The van der Waals surface area contributed by atoms with Crippen LogP contribution in [0.2, 0.25) is 5.02 Å². The monoisotopic (exact) mass is 508 g/mol. The van der Waals surface area contributed by atoms with Crippen LogP contribution in [0.15, 0.2) is 53.0 Å². The Labute approximate surface area is 198 Å². The molecule has 2 aromatic rings. The summed E-state index contributed by atoms with van der Waals surface area (Å²) in [5.41, 5.74) is 1.11. The lowest BCUT2D eigenvalue weighted by atomic mass is 10.1. The molecule has 1 N–H and O–H groups in total. The minimum atomic E-state index is -0.561. The van der Waals surface area contributed by atoms with Crippen molar-refractivity contribution in [3.63, 3.8) is 0 Å². The lowest BCUT2D eigenvalue weighted by molar-refractivity contribution is -0.142. The standard InChI is InChI=1S/C24H30BrClN2O3/c1-4-17(3)27-24(30)21(5-2)28(14-13-18-9-7-6-8-10-18)23(29)16-31-22-12-11-19(25)15-20(22)26/h6-12,15,17,21H,4-5,13-14,16H2,1-3H3,(H,27,30). The molecule has 0 aliphatic rings. The van der Waals surface area contributed by atoms with Crippen molar-refractivity contribution in [2.45, 2.75) is 52.1 Å². The van der Waals surface area contributed by atoms with Crippen molar-refractivity contribution in [2.75, 3.05) is 13.2 Å². The van der Waals surface area contributed by atoms with E-state index in [0.29, 0.717) is 30.2 Å². The molecule has 2 rings (SSSR count). The highest BCUT2D eigenvalue weighted by Gasteiger charge is 2.29. The second-order valence-electron chi connectivity index (χ2n) is 7.43. The number of carbonyl (C=O) groups is 2. The average Bonchev–Trinajstić information content (AvgIpc) is 2.76. The molecule has 2 atom stereocenters. The van der Waals surface area contributed by atoms with Crippen molar-refractivity contribution in [1.82, 2.24) is 10.2 Å². The van der Waals surface area contributed by atoms with Gasteiger partial charge < -0.3 is 15.0 Å². The van der Waals surface area contributed by atoms with Crippen molar-refractivity contribution in [3.8, 4) is 5.75 Å². The second kappa shape index (κ2) is 12.7. The number of rotatable bonds is 11. The summed E-state index contributed by atoms with van der Waals surface area (Å²) in [6.45, 7) is 6.12. The quantitative estimate of drug-likeness (QED) is 0.450. The Morgan fingerprint density at radius 1 is 1.13 bits per heavy atom. The van der Waals surface area contributed by atoms with E-state index in [0.717, 1.165) is 16.5 Å². The van der Waals surface area contributed by atoms with Crippen LogP contribution in [-0.4, -0.2) is 41.9 Å². The molecule has 0 bridgehead atoms. The smallest absolute Gasteiger partial charge is 0.261 e. The minimum absolute atomic E-state index is 0.0467. The summed E-state index contributed by atoms with van der Waals surface area (Å²) in [6.07, 6.45) is 1.99. The van der Waals surface area contributed by atoms with E-state index in [9.17, 15) is 9.59 Å². The SMILES string of the molecule is CCC(C)NC(=O)C(CC)N(CCc1ccccc1)C(=O)COc1ccc(Br)cc1Cl. The van der Waals surface area contributed by atoms with Gasteiger partial charge in [0.1, 0.15) is 11.8 Å². The molecule has 0 spiro atoms. The molecular weight excluding hydrogens is 480 g/mol. The molecule has 31 heavy (non-hydrogen) atoms. The molecule has 0 saturated heterocycles. The van der Waals surface area contributed by atoms with Crippen LogP contribution >= 0.6 is 27.5 Å². The third-order valence-corrected chi connectivity index (χ3v) is 5.90. The minimum Gasteiger partial charge on any atom is -0.482 e. The Bertz CT molecular complexity index is 863.